The van der Waals surface area contributed by atoms with Crippen LogP contribution >= 0.6 is 0 Å². The molecule has 0 aliphatic rings. The van der Waals surface area contributed by atoms with E-state index < -0.39 is 24.3 Å². The van der Waals surface area contributed by atoms with Gasteiger partial charge in [0.1, 0.15) is 5.75 Å². The Bertz CT molecular complexity index is 501. The molecule has 21 heavy (non-hydrogen) atoms. The minimum Gasteiger partial charge on any atom is -0.483 e. The second-order valence-corrected chi connectivity index (χ2v) is 4.25. The van der Waals surface area contributed by atoms with Gasteiger partial charge >= 0.3 is 6.18 Å². The maximum atomic E-state index is 13.0. The molecule has 0 spiro atoms. The van der Waals surface area contributed by atoms with Gasteiger partial charge in [0.05, 0.1) is 5.56 Å². The number of hydrogen-bond acceptors (Lipinski definition) is 3. The predicted octanol–water partition coefficient (Wildman–Crippen LogP) is 1.89. The van der Waals surface area contributed by atoms with Crippen LogP contribution < -0.4 is 15.8 Å². The number of carbonyl (C=O) groups excluding carboxylic acids is 1. The summed E-state index contributed by atoms with van der Waals surface area (Å²) in [7, 11) is 0. The second kappa shape index (κ2) is 7.68. The monoisotopic (exact) mass is 302 g/mol. The summed E-state index contributed by atoms with van der Waals surface area (Å²) in [5, 5.41) is 2.41. The number of ether oxygens (including phenoxy) is 1. The fraction of sp³-hybridized carbons (Fsp3) is 0.357. The molecular formula is C14H17F3N2O2. The van der Waals surface area contributed by atoms with Gasteiger partial charge in [0, 0.05) is 6.54 Å². The molecule has 0 unspecified atom stereocenters. The topological polar surface area (TPSA) is 64.3 Å². The van der Waals surface area contributed by atoms with Gasteiger partial charge < -0.3 is 15.8 Å². The lowest BCUT2D eigenvalue weighted by Gasteiger charge is -2.15. The Morgan fingerprint density at radius 3 is 2.71 bits per heavy atom. The Balaban J connectivity index is 2.85. The summed E-state index contributed by atoms with van der Waals surface area (Å²) in [6, 6.07) is 3.69. The molecule has 0 radical (unpaired) electrons. The molecule has 0 aromatic heterocycles. The van der Waals surface area contributed by atoms with Gasteiger partial charge in [-0.2, -0.15) is 13.2 Å². The van der Waals surface area contributed by atoms with Gasteiger partial charge in [-0.25, -0.2) is 0 Å². The Hall–Kier alpha value is -2.02. The summed E-state index contributed by atoms with van der Waals surface area (Å²) in [4.78, 5) is 11.3. The van der Waals surface area contributed by atoms with Crippen LogP contribution in [0.3, 0.4) is 0 Å². The summed E-state index contributed by atoms with van der Waals surface area (Å²) in [5.74, 6) is -0.897. The lowest BCUT2D eigenvalue weighted by atomic mass is 10.1. The first-order chi connectivity index (χ1) is 9.88. The normalized spacial score (nSPS) is 11.0. The van der Waals surface area contributed by atoms with Crippen LogP contribution in [0.1, 0.15) is 11.1 Å². The van der Waals surface area contributed by atoms with Crippen molar-refractivity contribution in [2.45, 2.75) is 12.6 Å². The van der Waals surface area contributed by atoms with Crippen molar-refractivity contribution < 1.29 is 22.7 Å². The van der Waals surface area contributed by atoms with Crippen molar-refractivity contribution in [3.05, 3.63) is 42.0 Å². The molecule has 1 aromatic carbocycles. The molecule has 1 rings (SSSR count). The summed E-state index contributed by atoms with van der Waals surface area (Å²) < 4.78 is 43.9. The summed E-state index contributed by atoms with van der Waals surface area (Å²) >= 11 is 0. The number of rotatable bonds is 7. The third-order valence-electron chi connectivity index (χ3n) is 2.58. The molecule has 0 aliphatic heterocycles. The van der Waals surface area contributed by atoms with Gasteiger partial charge in [0.2, 0.25) is 0 Å². The average Bonchev–Trinajstić information content (AvgIpc) is 2.43. The molecule has 0 saturated carbocycles. The fourth-order valence-electron chi connectivity index (χ4n) is 1.63. The van der Waals surface area contributed by atoms with E-state index in [0.717, 1.165) is 6.07 Å². The minimum atomic E-state index is -4.56. The molecule has 0 bridgehead atoms. The maximum absolute atomic E-state index is 13.0. The number of nitrogens with two attached hydrogens (primary N) is 1. The van der Waals surface area contributed by atoms with Gasteiger partial charge in [-0.05, 0) is 30.7 Å². The highest BCUT2D eigenvalue weighted by Crippen LogP contribution is 2.36. The fourth-order valence-corrected chi connectivity index (χ4v) is 1.63. The van der Waals surface area contributed by atoms with Gasteiger partial charge in [-0.1, -0.05) is 12.1 Å². The average molecular weight is 302 g/mol. The summed E-state index contributed by atoms with van der Waals surface area (Å²) in [6.45, 7) is 3.39. The first-order valence-electron chi connectivity index (χ1n) is 6.29. The van der Waals surface area contributed by atoms with E-state index in [0.29, 0.717) is 12.0 Å². The lowest BCUT2D eigenvalue weighted by molar-refractivity contribution is -0.139. The molecule has 0 saturated heterocycles. The van der Waals surface area contributed by atoms with Crippen molar-refractivity contribution >= 4 is 5.91 Å². The lowest BCUT2D eigenvalue weighted by Crippen LogP contribution is -2.29. The SMILES string of the molecule is C=CCNC(=O)COc1ccc(CCN)cc1C(F)(F)F. The Morgan fingerprint density at radius 2 is 2.14 bits per heavy atom. The van der Waals surface area contributed by atoms with E-state index in [1.165, 1.54) is 18.2 Å². The largest absolute Gasteiger partial charge is 0.483 e. The highest BCUT2D eigenvalue weighted by Gasteiger charge is 2.34. The minimum absolute atomic E-state index is 0.226. The van der Waals surface area contributed by atoms with Gasteiger partial charge in [0.15, 0.2) is 6.61 Å². The first kappa shape index (κ1) is 17.0. The number of nitrogens with one attached hydrogen (secondary N) is 1. The van der Waals surface area contributed by atoms with E-state index >= 15 is 0 Å². The van der Waals surface area contributed by atoms with Crippen LogP contribution in [0, 0.1) is 0 Å². The number of hydrogen-bond donors (Lipinski definition) is 2. The van der Waals surface area contributed by atoms with E-state index in [2.05, 4.69) is 11.9 Å². The molecule has 4 nitrogen and oxygen atoms in total. The molecule has 0 atom stereocenters. The molecule has 3 N–H and O–H groups in total. The molecule has 0 fully saturated rings. The van der Waals surface area contributed by atoms with Crippen LogP contribution in [0.2, 0.25) is 0 Å². The van der Waals surface area contributed by atoms with Crippen LogP contribution in [0.4, 0.5) is 13.2 Å². The molecule has 7 heteroatoms. The second-order valence-electron chi connectivity index (χ2n) is 4.25. The van der Waals surface area contributed by atoms with Crippen LogP contribution in [-0.4, -0.2) is 25.6 Å². The molecule has 0 heterocycles. The molecule has 1 aromatic rings. The Morgan fingerprint density at radius 1 is 1.43 bits per heavy atom. The number of halogens is 3. The van der Waals surface area contributed by atoms with Crippen molar-refractivity contribution in [2.24, 2.45) is 5.73 Å². The van der Waals surface area contributed by atoms with Crippen molar-refractivity contribution in [1.82, 2.24) is 5.32 Å². The van der Waals surface area contributed by atoms with Crippen molar-refractivity contribution in [1.29, 1.82) is 0 Å². The summed E-state index contributed by atoms with van der Waals surface area (Å²) in [6.07, 6.45) is -2.76. The first-order valence-corrected chi connectivity index (χ1v) is 6.29. The number of alkyl halides is 3. The zero-order valence-electron chi connectivity index (χ0n) is 11.4. The van der Waals surface area contributed by atoms with E-state index in [9.17, 15) is 18.0 Å². The van der Waals surface area contributed by atoms with Gasteiger partial charge in [-0.3, -0.25) is 4.79 Å². The third-order valence-corrected chi connectivity index (χ3v) is 2.58. The molecule has 1 amide bonds. The highest BCUT2D eigenvalue weighted by atomic mass is 19.4. The van der Waals surface area contributed by atoms with Crippen LogP contribution in [0.15, 0.2) is 30.9 Å². The van der Waals surface area contributed by atoms with E-state index in [4.69, 9.17) is 10.5 Å². The van der Waals surface area contributed by atoms with Gasteiger partial charge in [0.25, 0.3) is 5.91 Å². The Kier molecular flexibility index (Phi) is 6.23. The zero-order chi connectivity index (χ0) is 15.9. The number of carbonyl (C=O) groups is 1. The standard InChI is InChI=1S/C14H17F3N2O2/c1-2-7-19-13(20)9-21-12-4-3-10(5-6-18)8-11(12)14(15,16)17/h2-4,8H,1,5-7,9,18H2,(H,19,20). The molecule has 0 aliphatic carbocycles. The smallest absolute Gasteiger partial charge is 0.419 e. The number of amides is 1. The van der Waals surface area contributed by atoms with Crippen molar-refractivity contribution in [3.63, 3.8) is 0 Å². The van der Waals surface area contributed by atoms with E-state index in [1.54, 1.807) is 0 Å². The van der Waals surface area contributed by atoms with E-state index in [1.807, 2.05) is 0 Å². The van der Waals surface area contributed by atoms with E-state index in [-0.39, 0.29) is 18.8 Å². The van der Waals surface area contributed by atoms with Crippen LogP contribution in [-0.2, 0) is 17.4 Å². The predicted molar refractivity (Wildman–Crippen MR) is 72.9 cm³/mol. The molecule has 116 valence electrons. The maximum Gasteiger partial charge on any atom is 0.419 e. The quantitative estimate of drug-likeness (QED) is 0.756. The third kappa shape index (κ3) is 5.47. The van der Waals surface area contributed by atoms with Crippen LogP contribution in [0.5, 0.6) is 5.75 Å². The summed E-state index contributed by atoms with van der Waals surface area (Å²) in [5.41, 5.74) is 4.88. The van der Waals surface area contributed by atoms with Crippen molar-refractivity contribution in [2.75, 3.05) is 19.7 Å². The van der Waals surface area contributed by atoms with Gasteiger partial charge in [-0.15, -0.1) is 6.58 Å². The number of benzene rings is 1. The highest BCUT2D eigenvalue weighted by molar-refractivity contribution is 5.77. The van der Waals surface area contributed by atoms with Crippen LogP contribution in [0.25, 0.3) is 0 Å². The zero-order valence-corrected chi connectivity index (χ0v) is 11.4. The Labute approximate surface area is 120 Å². The molecular weight excluding hydrogens is 285 g/mol. The van der Waals surface area contributed by atoms with Crippen molar-refractivity contribution in [3.8, 4) is 5.75 Å².